The molecule has 0 radical (unpaired) electrons. The van der Waals surface area contributed by atoms with Crippen molar-refractivity contribution in [2.45, 2.75) is 12.7 Å². The van der Waals surface area contributed by atoms with E-state index in [4.69, 9.17) is 0 Å². The minimum Gasteiger partial charge on any atom is -0.337 e. The molecule has 28 heavy (non-hydrogen) atoms. The van der Waals surface area contributed by atoms with Gasteiger partial charge in [-0.15, -0.1) is 0 Å². The van der Waals surface area contributed by atoms with Gasteiger partial charge in [-0.3, -0.25) is 4.79 Å². The second-order valence-corrected chi connectivity index (χ2v) is 5.87. The average molecular weight is 397 g/mol. The molecule has 1 heterocycles. The lowest BCUT2D eigenvalue weighted by Gasteiger charge is -2.18. The summed E-state index contributed by atoms with van der Waals surface area (Å²) in [6.45, 7) is -0.0908. The van der Waals surface area contributed by atoms with E-state index in [2.05, 4.69) is 14.7 Å². The number of benzene rings is 2. The monoisotopic (exact) mass is 397 g/mol. The van der Waals surface area contributed by atoms with Crippen LogP contribution in [0.25, 0.3) is 11.4 Å². The van der Waals surface area contributed by atoms with E-state index in [1.807, 2.05) is 0 Å². The molecule has 146 valence electrons. The molecular weight excluding hydrogens is 385 g/mol. The number of hydrogen-bond donors (Lipinski definition) is 0. The number of amides is 1. The Morgan fingerprint density at radius 3 is 2.43 bits per heavy atom. The van der Waals surface area contributed by atoms with Crippen LogP contribution in [0.15, 0.2) is 47.0 Å². The molecule has 1 aromatic heterocycles. The van der Waals surface area contributed by atoms with Gasteiger partial charge in [0.2, 0.25) is 5.82 Å². The molecule has 0 aliphatic rings. The predicted molar refractivity (Wildman–Crippen MR) is 86.9 cm³/mol. The van der Waals surface area contributed by atoms with Crippen LogP contribution in [0.5, 0.6) is 0 Å². The topological polar surface area (TPSA) is 59.2 Å². The molecule has 0 saturated carbocycles. The van der Waals surface area contributed by atoms with Crippen LogP contribution in [-0.4, -0.2) is 28.0 Å². The fraction of sp³-hybridized carbons (Fsp3) is 0.167. The van der Waals surface area contributed by atoms with E-state index >= 15 is 0 Å². The van der Waals surface area contributed by atoms with Crippen LogP contribution in [0.4, 0.5) is 22.0 Å². The Morgan fingerprint density at radius 1 is 1.11 bits per heavy atom. The number of carbonyl (C=O) groups excluding carboxylic acids is 1. The molecule has 3 rings (SSSR count). The van der Waals surface area contributed by atoms with Crippen molar-refractivity contribution in [3.05, 3.63) is 71.1 Å². The number of halogens is 5. The minimum atomic E-state index is -4.82. The molecular formula is C18H12F5N3O2. The zero-order valence-corrected chi connectivity index (χ0v) is 14.3. The van der Waals surface area contributed by atoms with E-state index in [1.165, 1.54) is 31.3 Å². The van der Waals surface area contributed by atoms with Crippen LogP contribution in [0.3, 0.4) is 0 Å². The minimum absolute atomic E-state index is 0.0908. The normalized spacial score (nSPS) is 11.5. The maximum absolute atomic E-state index is 14.4. The summed E-state index contributed by atoms with van der Waals surface area (Å²) in [5.74, 6) is -4.24. The van der Waals surface area contributed by atoms with Crippen LogP contribution < -0.4 is 0 Å². The van der Waals surface area contributed by atoms with Gasteiger partial charge >= 0.3 is 12.1 Å². The first-order chi connectivity index (χ1) is 13.2. The van der Waals surface area contributed by atoms with Crippen molar-refractivity contribution in [1.29, 1.82) is 0 Å². The smallest absolute Gasteiger partial charge is 0.337 e. The Hall–Kier alpha value is -3.30. The third kappa shape index (κ3) is 4.00. The standard InChI is InChI=1S/C18H12F5N3O2/c1-26(9-11-4-2-3-5-13(11)19)16(27)12-7-6-10(8-14(12)20)15-24-17(28-25-15)18(21,22)23/h2-8H,9H2,1H3. The largest absolute Gasteiger partial charge is 0.471 e. The highest BCUT2D eigenvalue weighted by Gasteiger charge is 2.38. The fourth-order valence-electron chi connectivity index (χ4n) is 2.44. The number of nitrogens with zero attached hydrogens (tertiary/aromatic N) is 3. The van der Waals surface area contributed by atoms with Gasteiger partial charge in [0.1, 0.15) is 11.6 Å². The molecule has 2 aromatic carbocycles. The maximum Gasteiger partial charge on any atom is 0.471 e. The van der Waals surface area contributed by atoms with Crippen molar-refractivity contribution in [1.82, 2.24) is 15.0 Å². The Kier molecular flexibility index (Phi) is 5.12. The maximum atomic E-state index is 14.4. The highest BCUT2D eigenvalue weighted by molar-refractivity contribution is 5.94. The molecule has 10 heteroatoms. The summed E-state index contributed by atoms with van der Waals surface area (Å²) in [6, 6.07) is 8.95. The van der Waals surface area contributed by atoms with E-state index in [0.29, 0.717) is 0 Å². The van der Waals surface area contributed by atoms with Crippen LogP contribution >= 0.6 is 0 Å². The second kappa shape index (κ2) is 7.37. The molecule has 5 nitrogen and oxygen atoms in total. The lowest BCUT2D eigenvalue weighted by Crippen LogP contribution is -2.27. The van der Waals surface area contributed by atoms with Gasteiger partial charge in [0.25, 0.3) is 5.91 Å². The summed E-state index contributed by atoms with van der Waals surface area (Å²) in [6.07, 6.45) is -4.82. The summed E-state index contributed by atoms with van der Waals surface area (Å²) in [5, 5.41) is 3.16. The van der Waals surface area contributed by atoms with Crippen LogP contribution in [0.2, 0.25) is 0 Å². The zero-order valence-electron chi connectivity index (χ0n) is 14.3. The predicted octanol–water partition coefficient (Wildman–Crippen LogP) is 4.31. The van der Waals surface area contributed by atoms with E-state index < -0.39 is 35.4 Å². The molecule has 0 saturated heterocycles. The van der Waals surface area contributed by atoms with Gasteiger partial charge in [0, 0.05) is 24.7 Å². The summed E-state index contributed by atoms with van der Waals surface area (Å²) in [5.41, 5.74) is -0.172. The molecule has 3 aromatic rings. The molecule has 0 spiro atoms. The highest BCUT2D eigenvalue weighted by Crippen LogP contribution is 2.29. The molecule has 0 bridgehead atoms. The van der Waals surface area contributed by atoms with Gasteiger partial charge in [0.05, 0.1) is 5.56 Å². The summed E-state index contributed by atoms with van der Waals surface area (Å²) in [7, 11) is 1.37. The summed E-state index contributed by atoms with van der Waals surface area (Å²) < 4.78 is 69.7. The van der Waals surface area contributed by atoms with Gasteiger partial charge in [-0.05, 0) is 18.2 Å². The molecule has 0 fully saturated rings. The Labute approximate surface area is 155 Å². The quantitative estimate of drug-likeness (QED) is 0.616. The fourth-order valence-corrected chi connectivity index (χ4v) is 2.44. The molecule has 0 N–H and O–H groups in total. The third-order valence-corrected chi connectivity index (χ3v) is 3.84. The highest BCUT2D eigenvalue weighted by atomic mass is 19.4. The van der Waals surface area contributed by atoms with Crippen molar-refractivity contribution in [3.8, 4) is 11.4 Å². The molecule has 0 aliphatic heterocycles. The van der Waals surface area contributed by atoms with Gasteiger partial charge in [0.15, 0.2) is 0 Å². The number of hydrogen-bond acceptors (Lipinski definition) is 4. The van der Waals surface area contributed by atoms with Crippen molar-refractivity contribution in [3.63, 3.8) is 0 Å². The van der Waals surface area contributed by atoms with E-state index in [0.717, 1.165) is 17.0 Å². The van der Waals surface area contributed by atoms with Gasteiger partial charge in [-0.1, -0.05) is 29.4 Å². The molecule has 1 amide bonds. The second-order valence-electron chi connectivity index (χ2n) is 5.87. The Morgan fingerprint density at radius 2 is 1.82 bits per heavy atom. The van der Waals surface area contributed by atoms with Gasteiger partial charge in [-0.25, -0.2) is 8.78 Å². The zero-order chi connectivity index (χ0) is 20.5. The van der Waals surface area contributed by atoms with Crippen LogP contribution in [0, 0.1) is 11.6 Å². The summed E-state index contributed by atoms with van der Waals surface area (Å²) in [4.78, 5) is 16.7. The Balaban J connectivity index is 1.81. The first-order valence-electron chi connectivity index (χ1n) is 7.86. The number of carbonyl (C=O) groups is 1. The van der Waals surface area contributed by atoms with Crippen molar-refractivity contribution in [2.24, 2.45) is 0 Å². The number of rotatable bonds is 4. The first kappa shape index (κ1) is 19.5. The lowest BCUT2D eigenvalue weighted by atomic mass is 10.1. The van der Waals surface area contributed by atoms with E-state index in [-0.39, 0.29) is 23.2 Å². The first-order valence-corrected chi connectivity index (χ1v) is 7.86. The van der Waals surface area contributed by atoms with Crippen LogP contribution in [-0.2, 0) is 12.7 Å². The third-order valence-electron chi connectivity index (χ3n) is 3.84. The van der Waals surface area contributed by atoms with E-state index in [9.17, 15) is 26.7 Å². The van der Waals surface area contributed by atoms with E-state index in [1.54, 1.807) is 6.07 Å². The average Bonchev–Trinajstić information content (AvgIpc) is 3.13. The van der Waals surface area contributed by atoms with Gasteiger partial charge < -0.3 is 9.42 Å². The SMILES string of the molecule is CN(Cc1ccccc1F)C(=O)c1ccc(-c2noc(C(F)(F)F)n2)cc1F. The van der Waals surface area contributed by atoms with Crippen molar-refractivity contribution < 1.29 is 31.3 Å². The van der Waals surface area contributed by atoms with Crippen molar-refractivity contribution in [2.75, 3.05) is 7.05 Å². The lowest BCUT2D eigenvalue weighted by molar-refractivity contribution is -0.159. The van der Waals surface area contributed by atoms with Crippen LogP contribution in [0.1, 0.15) is 21.8 Å². The molecule has 0 aliphatic carbocycles. The van der Waals surface area contributed by atoms with Crippen molar-refractivity contribution >= 4 is 5.91 Å². The number of alkyl halides is 3. The number of aromatic nitrogens is 2. The molecule has 0 unspecified atom stereocenters. The van der Waals surface area contributed by atoms with Gasteiger partial charge in [-0.2, -0.15) is 18.2 Å². The molecule has 0 atom stereocenters. The summed E-state index contributed by atoms with van der Waals surface area (Å²) >= 11 is 0. The Bertz CT molecular complexity index is 1020.